The van der Waals surface area contributed by atoms with Crippen molar-refractivity contribution in [2.75, 3.05) is 6.54 Å². The second-order valence-electron chi connectivity index (χ2n) is 5.11. The van der Waals surface area contributed by atoms with E-state index in [1.54, 1.807) is 0 Å². The van der Waals surface area contributed by atoms with Gasteiger partial charge in [0.15, 0.2) is 0 Å². The molecule has 1 fully saturated rings. The molecule has 2 nitrogen and oxygen atoms in total. The zero-order valence-corrected chi connectivity index (χ0v) is 13.4. The van der Waals surface area contributed by atoms with Crippen molar-refractivity contribution in [2.24, 2.45) is 5.92 Å². The van der Waals surface area contributed by atoms with E-state index >= 15 is 0 Å². The average molecular weight is 385 g/mol. The summed E-state index contributed by atoms with van der Waals surface area (Å²) in [4.78, 5) is 12.1. The van der Waals surface area contributed by atoms with Crippen molar-refractivity contribution in [1.82, 2.24) is 5.32 Å². The smallest absolute Gasteiger partial charge is 0.352 e. The fraction of sp³-hybridized carbons (Fsp3) is 0.500. The van der Waals surface area contributed by atoms with Gasteiger partial charge in [0.2, 0.25) is 0 Å². The van der Waals surface area contributed by atoms with Crippen molar-refractivity contribution in [3.63, 3.8) is 0 Å². The lowest BCUT2D eigenvalue weighted by atomic mass is 10.1. The fourth-order valence-corrected chi connectivity index (χ4v) is 3.21. The van der Waals surface area contributed by atoms with Crippen molar-refractivity contribution in [1.29, 1.82) is 0 Å². The molecule has 0 bridgehead atoms. The zero-order chi connectivity index (χ0) is 15.6. The van der Waals surface area contributed by atoms with E-state index in [4.69, 9.17) is 11.6 Å². The molecule has 116 valence electrons. The number of amides is 1. The number of rotatable bonds is 3. The van der Waals surface area contributed by atoms with Crippen molar-refractivity contribution in [3.05, 3.63) is 33.8 Å². The molecular weight excluding hydrogens is 371 g/mol. The Hall–Kier alpha value is -0.750. The summed E-state index contributed by atoms with van der Waals surface area (Å²) in [6, 6.07) is 3.02. The van der Waals surface area contributed by atoms with Gasteiger partial charge >= 0.3 is 6.18 Å². The number of alkyl halides is 4. The Labute approximate surface area is 134 Å². The van der Waals surface area contributed by atoms with Gasteiger partial charge in [0.25, 0.3) is 5.91 Å². The molecule has 2 rings (SSSR count). The molecule has 1 aromatic rings. The van der Waals surface area contributed by atoms with Gasteiger partial charge in [-0.2, -0.15) is 13.2 Å². The van der Waals surface area contributed by atoms with Crippen LogP contribution in [0.25, 0.3) is 0 Å². The molecule has 0 aromatic heterocycles. The highest BCUT2D eigenvalue weighted by molar-refractivity contribution is 9.10. The fourth-order valence-electron chi connectivity index (χ4n) is 2.42. The molecule has 0 radical (unpaired) electrons. The predicted octanol–water partition coefficient (Wildman–Crippen LogP) is 4.61. The van der Waals surface area contributed by atoms with Crippen LogP contribution >= 0.6 is 27.5 Å². The van der Waals surface area contributed by atoms with Gasteiger partial charge in [0.05, 0.1) is 11.1 Å². The summed E-state index contributed by atoms with van der Waals surface area (Å²) in [5, 5.41) is 2.69. The molecule has 0 heterocycles. The summed E-state index contributed by atoms with van der Waals surface area (Å²) in [6.07, 6.45) is -1.61. The Morgan fingerprint density at radius 2 is 2.10 bits per heavy atom. The molecule has 1 aromatic carbocycles. The average Bonchev–Trinajstić information content (AvgIpc) is 2.80. The number of halogens is 5. The third kappa shape index (κ3) is 4.13. The Morgan fingerprint density at radius 1 is 1.38 bits per heavy atom. The van der Waals surface area contributed by atoms with E-state index in [9.17, 15) is 18.0 Å². The molecule has 0 aliphatic heterocycles. The lowest BCUT2D eigenvalue weighted by molar-refractivity contribution is -0.137. The molecule has 1 saturated carbocycles. The van der Waals surface area contributed by atoms with Crippen LogP contribution in [0.4, 0.5) is 13.2 Å². The number of hydrogen-bond acceptors (Lipinski definition) is 1. The van der Waals surface area contributed by atoms with Crippen molar-refractivity contribution < 1.29 is 18.0 Å². The molecular formula is C14H14BrClF3NO. The van der Waals surface area contributed by atoms with Gasteiger partial charge in [-0.25, -0.2) is 0 Å². The van der Waals surface area contributed by atoms with Gasteiger partial charge in [-0.3, -0.25) is 4.79 Å². The first-order valence-electron chi connectivity index (χ1n) is 6.58. The second kappa shape index (κ2) is 6.57. The largest absolute Gasteiger partial charge is 0.416 e. The van der Waals surface area contributed by atoms with Crippen LogP contribution in [0.5, 0.6) is 0 Å². The Morgan fingerprint density at radius 3 is 2.67 bits per heavy atom. The molecule has 21 heavy (non-hydrogen) atoms. The minimum absolute atomic E-state index is 0.0195. The first-order chi connectivity index (χ1) is 9.79. The monoisotopic (exact) mass is 383 g/mol. The van der Waals surface area contributed by atoms with E-state index in [1.807, 2.05) is 0 Å². The SMILES string of the molecule is O=C(NCC1CCCC1Cl)c1cc(C(F)(F)F)ccc1Br. The summed E-state index contributed by atoms with van der Waals surface area (Å²) < 4.78 is 38.4. The summed E-state index contributed by atoms with van der Waals surface area (Å²) in [6.45, 7) is 0.385. The quantitative estimate of drug-likeness (QED) is 0.758. The molecule has 1 amide bonds. The molecule has 1 aliphatic rings. The minimum atomic E-state index is -4.47. The van der Waals surface area contributed by atoms with Crippen LogP contribution in [0.1, 0.15) is 35.2 Å². The predicted molar refractivity (Wildman–Crippen MR) is 78.5 cm³/mol. The third-order valence-electron chi connectivity index (χ3n) is 3.63. The van der Waals surface area contributed by atoms with Gasteiger partial charge in [-0.05, 0) is 52.9 Å². The Kier molecular flexibility index (Phi) is 5.20. The maximum Gasteiger partial charge on any atom is 0.416 e. The minimum Gasteiger partial charge on any atom is -0.352 e. The van der Waals surface area contributed by atoms with Gasteiger partial charge in [0, 0.05) is 16.4 Å². The van der Waals surface area contributed by atoms with E-state index < -0.39 is 17.6 Å². The van der Waals surface area contributed by atoms with Crippen LogP contribution in [0, 0.1) is 5.92 Å². The van der Waals surface area contributed by atoms with Gasteiger partial charge in [0.1, 0.15) is 0 Å². The number of benzene rings is 1. The van der Waals surface area contributed by atoms with E-state index in [2.05, 4.69) is 21.2 Å². The lowest BCUT2D eigenvalue weighted by Gasteiger charge is -2.15. The van der Waals surface area contributed by atoms with Gasteiger partial charge in [-0.15, -0.1) is 11.6 Å². The van der Waals surface area contributed by atoms with E-state index in [1.165, 1.54) is 6.07 Å². The van der Waals surface area contributed by atoms with E-state index in [0.29, 0.717) is 11.0 Å². The second-order valence-corrected chi connectivity index (χ2v) is 6.52. The first-order valence-corrected chi connectivity index (χ1v) is 7.81. The molecule has 1 N–H and O–H groups in total. The van der Waals surface area contributed by atoms with Crippen molar-refractivity contribution in [2.45, 2.75) is 30.8 Å². The molecule has 7 heteroatoms. The van der Waals surface area contributed by atoms with Crippen LogP contribution in [0.2, 0.25) is 0 Å². The van der Waals surface area contributed by atoms with Crippen LogP contribution in [0.3, 0.4) is 0 Å². The highest BCUT2D eigenvalue weighted by atomic mass is 79.9. The van der Waals surface area contributed by atoms with Crippen molar-refractivity contribution >= 4 is 33.4 Å². The van der Waals surface area contributed by atoms with Crippen LogP contribution in [-0.2, 0) is 6.18 Å². The van der Waals surface area contributed by atoms with E-state index in [-0.39, 0.29) is 16.9 Å². The normalized spacial score (nSPS) is 22.3. The summed E-state index contributed by atoms with van der Waals surface area (Å²) in [5.41, 5.74) is -0.860. The number of carbonyl (C=O) groups excluding carboxylic acids is 1. The third-order valence-corrected chi connectivity index (χ3v) is 4.90. The molecule has 2 atom stereocenters. The first kappa shape index (κ1) is 16.6. The molecule has 2 unspecified atom stereocenters. The lowest BCUT2D eigenvalue weighted by Crippen LogP contribution is -2.31. The topological polar surface area (TPSA) is 29.1 Å². The van der Waals surface area contributed by atoms with Crippen LogP contribution < -0.4 is 5.32 Å². The summed E-state index contributed by atoms with van der Waals surface area (Å²) >= 11 is 9.22. The molecule has 0 saturated heterocycles. The maximum absolute atomic E-state index is 12.7. The standard InChI is InChI=1S/C14H14BrClF3NO/c15-11-5-4-9(14(17,18)19)6-10(11)13(21)20-7-8-2-1-3-12(8)16/h4-6,8,12H,1-3,7H2,(H,20,21). The van der Waals surface area contributed by atoms with Crippen molar-refractivity contribution in [3.8, 4) is 0 Å². The van der Waals surface area contributed by atoms with Crippen LogP contribution in [-0.4, -0.2) is 17.8 Å². The summed E-state index contributed by atoms with van der Waals surface area (Å²) in [5.74, 6) is -0.344. The number of carbonyl (C=O) groups is 1. The Balaban J connectivity index is 2.08. The number of hydrogen-bond donors (Lipinski definition) is 1. The highest BCUT2D eigenvalue weighted by Crippen LogP contribution is 2.32. The highest BCUT2D eigenvalue weighted by Gasteiger charge is 2.32. The zero-order valence-electron chi connectivity index (χ0n) is 11.0. The maximum atomic E-state index is 12.7. The molecule has 0 spiro atoms. The number of nitrogens with one attached hydrogen (secondary N) is 1. The van der Waals surface area contributed by atoms with Gasteiger partial charge < -0.3 is 5.32 Å². The van der Waals surface area contributed by atoms with Gasteiger partial charge in [-0.1, -0.05) is 6.42 Å². The van der Waals surface area contributed by atoms with E-state index in [0.717, 1.165) is 31.4 Å². The molecule has 1 aliphatic carbocycles. The van der Waals surface area contributed by atoms with Crippen LogP contribution in [0.15, 0.2) is 22.7 Å². The Bertz CT molecular complexity index is 535. The summed E-state index contributed by atoms with van der Waals surface area (Å²) in [7, 11) is 0.